The molecular weight excluding hydrogens is 212 g/mol. The van der Waals surface area contributed by atoms with Crippen LogP contribution in [0.3, 0.4) is 0 Å². The summed E-state index contributed by atoms with van der Waals surface area (Å²) < 4.78 is 5.56. The van der Waals surface area contributed by atoms with Crippen molar-refractivity contribution in [3.8, 4) is 0 Å². The summed E-state index contributed by atoms with van der Waals surface area (Å²) in [5.74, 6) is 0. The van der Waals surface area contributed by atoms with Gasteiger partial charge in [-0.05, 0) is 31.5 Å². The fourth-order valence-corrected chi connectivity index (χ4v) is 1.52. The molecule has 0 aromatic carbocycles. The zero-order valence-electron chi connectivity index (χ0n) is 11.0. The van der Waals surface area contributed by atoms with Gasteiger partial charge in [0.1, 0.15) is 0 Å². The summed E-state index contributed by atoms with van der Waals surface area (Å²) in [5.41, 5.74) is 2.12. The maximum absolute atomic E-state index is 5.56. The van der Waals surface area contributed by atoms with Crippen LogP contribution in [0.1, 0.15) is 44.5 Å². The summed E-state index contributed by atoms with van der Waals surface area (Å²) >= 11 is 0. The second-order valence-corrected chi connectivity index (χ2v) is 4.20. The summed E-state index contributed by atoms with van der Waals surface area (Å²) in [7, 11) is 0. The van der Waals surface area contributed by atoms with Crippen LogP contribution in [-0.4, -0.2) is 18.1 Å². The molecule has 0 aliphatic rings. The van der Waals surface area contributed by atoms with Gasteiger partial charge in [0.2, 0.25) is 0 Å². The van der Waals surface area contributed by atoms with E-state index in [9.17, 15) is 0 Å². The van der Waals surface area contributed by atoms with Crippen molar-refractivity contribution in [2.24, 2.45) is 0 Å². The minimum absolute atomic E-state index is 0.627. The molecule has 96 valence electrons. The molecule has 0 aliphatic heterocycles. The third-order valence-corrected chi connectivity index (χ3v) is 2.49. The smallest absolute Gasteiger partial charge is 0.0887 e. The first-order valence-corrected chi connectivity index (χ1v) is 6.60. The summed E-state index contributed by atoms with van der Waals surface area (Å²) in [5, 5.41) is 3.35. The van der Waals surface area contributed by atoms with E-state index in [-0.39, 0.29) is 0 Å². The summed E-state index contributed by atoms with van der Waals surface area (Å²) in [6.45, 7) is 7.67. The van der Waals surface area contributed by atoms with E-state index in [0.29, 0.717) is 6.61 Å². The molecule has 3 nitrogen and oxygen atoms in total. The van der Waals surface area contributed by atoms with Crippen molar-refractivity contribution >= 4 is 0 Å². The van der Waals surface area contributed by atoms with Gasteiger partial charge in [0.25, 0.3) is 0 Å². The Balaban J connectivity index is 2.31. The van der Waals surface area contributed by atoms with Gasteiger partial charge in [0.05, 0.1) is 18.0 Å². The lowest BCUT2D eigenvalue weighted by Crippen LogP contribution is -2.15. The van der Waals surface area contributed by atoms with Gasteiger partial charge < -0.3 is 10.1 Å². The van der Waals surface area contributed by atoms with Gasteiger partial charge in [0, 0.05) is 13.2 Å². The van der Waals surface area contributed by atoms with Crippen molar-refractivity contribution in [3.63, 3.8) is 0 Å². The molecule has 0 unspecified atom stereocenters. The number of pyridine rings is 1. The van der Waals surface area contributed by atoms with Crippen LogP contribution in [-0.2, 0) is 17.9 Å². The number of ether oxygens (including phenoxy) is 1. The molecule has 1 N–H and O–H groups in total. The molecule has 0 bridgehead atoms. The predicted octanol–water partition coefficient (Wildman–Crippen LogP) is 2.90. The highest BCUT2D eigenvalue weighted by atomic mass is 16.5. The highest BCUT2D eigenvalue weighted by molar-refractivity contribution is 5.10. The first-order chi connectivity index (χ1) is 8.36. The first-order valence-electron chi connectivity index (χ1n) is 6.60. The largest absolute Gasteiger partial charge is 0.375 e. The van der Waals surface area contributed by atoms with E-state index in [2.05, 4.69) is 36.3 Å². The maximum atomic E-state index is 5.56. The monoisotopic (exact) mass is 236 g/mol. The third kappa shape index (κ3) is 6.39. The number of nitrogens with zero attached hydrogens (tertiary/aromatic N) is 1. The molecule has 1 rings (SSSR count). The van der Waals surface area contributed by atoms with Crippen LogP contribution >= 0.6 is 0 Å². The minimum atomic E-state index is 0.627. The molecule has 0 saturated heterocycles. The fraction of sp³-hybridized carbons (Fsp3) is 0.643. The number of nitrogens with one attached hydrogen (secondary N) is 1. The fourth-order valence-electron chi connectivity index (χ4n) is 1.52. The van der Waals surface area contributed by atoms with E-state index < -0.39 is 0 Å². The van der Waals surface area contributed by atoms with E-state index >= 15 is 0 Å². The Bertz CT molecular complexity index is 302. The normalized spacial score (nSPS) is 10.7. The molecule has 0 radical (unpaired) electrons. The van der Waals surface area contributed by atoms with Crippen molar-refractivity contribution in [1.82, 2.24) is 10.3 Å². The summed E-state index contributed by atoms with van der Waals surface area (Å²) in [6.07, 6.45) is 3.45. The van der Waals surface area contributed by atoms with Crippen molar-refractivity contribution in [3.05, 3.63) is 29.6 Å². The van der Waals surface area contributed by atoms with E-state index in [0.717, 1.165) is 43.9 Å². The summed E-state index contributed by atoms with van der Waals surface area (Å²) in [6, 6.07) is 6.13. The molecule has 1 aromatic heterocycles. The van der Waals surface area contributed by atoms with Crippen LogP contribution < -0.4 is 5.32 Å². The Morgan fingerprint density at radius 2 is 2.00 bits per heavy atom. The van der Waals surface area contributed by atoms with Gasteiger partial charge >= 0.3 is 0 Å². The van der Waals surface area contributed by atoms with Gasteiger partial charge in [-0.1, -0.05) is 26.3 Å². The van der Waals surface area contributed by atoms with E-state index in [1.165, 1.54) is 6.42 Å². The molecule has 0 amide bonds. The van der Waals surface area contributed by atoms with Gasteiger partial charge in [0.15, 0.2) is 0 Å². The molecule has 1 aromatic rings. The minimum Gasteiger partial charge on any atom is -0.375 e. The van der Waals surface area contributed by atoms with Crippen LogP contribution in [0, 0.1) is 0 Å². The maximum Gasteiger partial charge on any atom is 0.0887 e. The van der Waals surface area contributed by atoms with Crippen LogP contribution in [0.4, 0.5) is 0 Å². The number of hydrogen-bond donors (Lipinski definition) is 1. The predicted molar refractivity (Wildman–Crippen MR) is 70.8 cm³/mol. The average Bonchev–Trinajstić information content (AvgIpc) is 2.36. The van der Waals surface area contributed by atoms with Crippen LogP contribution in [0.15, 0.2) is 18.2 Å². The van der Waals surface area contributed by atoms with Crippen molar-refractivity contribution in [2.75, 3.05) is 13.2 Å². The molecule has 0 atom stereocenters. The highest BCUT2D eigenvalue weighted by Crippen LogP contribution is 2.02. The lowest BCUT2D eigenvalue weighted by molar-refractivity contribution is 0.115. The number of aromatic nitrogens is 1. The third-order valence-electron chi connectivity index (χ3n) is 2.49. The zero-order chi connectivity index (χ0) is 12.3. The second kappa shape index (κ2) is 9.14. The van der Waals surface area contributed by atoms with Crippen LogP contribution in [0.5, 0.6) is 0 Å². The lowest BCUT2D eigenvalue weighted by atomic mass is 10.3. The Labute approximate surface area is 105 Å². The Morgan fingerprint density at radius 1 is 1.18 bits per heavy atom. The SMILES string of the molecule is CCCCOCc1cccc(CNCCC)n1. The second-order valence-electron chi connectivity index (χ2n) is 4.20. The molecule has 3 heteroatoms. The Kier molecular flexibility index (Phi) is 7.60. The highest BCUT2D eigenvalue weighted by Gasteiger charge is 1.98. The first kappa shape index (κ1) is 14.1. The van der Waals surface area contributed by atoms with E-state index in [1.54, 1.807) is 0 Å². The molecule has 1 heterocycles. The molecule has 0 fully saturated rings. The standard InChI is InChI=1S/C14H24N2O/c1-3-5-10-17-12-14-8-6-7-13(16-14)11-15-9-4-2/h6-8,15H,3-5,9-12H2,1-2H3. The molecular formula is C14H24N2O. The molecule has 0 saturated carbocycles. The molecule has 0 aliphatic carbocycles. The quantitative estimate of drug-likeness (QED) is 0.669. The van der Waals surface area contributed by atoms with E-state index in [4.69, 9.17) is 4.74 Å². The number of unbranched alkanes of at least 4 members (excludes halogenated alkanes) is 1. The van der Waals surface area contributed by atoms with E-state index in [1.807, 2.05) is 6.07 Å². The van der Waals surface area contributed by atoms with Crippen LogP contribution in [0.2, 0.25) is 0 Å². The van der Waals surface area contributed by atoms with Crippen molar-refractivity contribution in [2.45, 2.75) is 46.3 Å². The summed E-state index contributed by atoms with van der Waals surface area (Å²) in [4.78, 5) is 4.55. The topological polar surface area (TPSA) is 34.1 Å². The number of hydrogen-bond acceptors (Lipinski definition) is 3. The molecule has 0 spiro atoms. The molecule has 17 heavy (non-hydrogen) atoms. The average molecular weight is 236 g/mol. The van der Waals surface area contributed by atoms with Gasteiger partial charge in [-0.25, -0.2) is 0 Å². The number of rotatable bonds is 9. The van der Waals surface area contributed by atoms with Gasteiger partial charge in [-0.15, -0.1) is 0 Å². The van der Waals surface area contributed by atoms with Gasteiger partial charge in [-0.2, -0.15) is 0 Å². The van der Waals surface area contributed by atoms with Crippen molar-refractivity contribution in [1.29, 1.82) is 0 Å². The van der Waals surface area contributed by atoms with Gasteiger partial charge in [-0.3, -0.25) is 4.98 Å². The van der Waals surface area contributed by atoms with Crippen LogP contribution in [0.25, 0.3) is 0 Å². The lowest BCUT2D eigenvalue weighted by Gasteiger charge is -2.06. The zero-order valence-corrected chi connectivity index (χ0v) is 11.0. The Morgan fingerprint density at radius 3 is 2.76 bits per heavy atom. The van der Waals surface area contributed by atoms with Crippen molar-refractivity contribution < 1.29 is 4.74 Å². The Hall–Kier alpha value is -0.930.